The molecule has 0 aliphatic carbocycles. The molecule has 0 fully saturated rings. The summed E-state index contributed by atoms with van der Waals surface area (Å²) < 4.78 is 0. The summed E-state index contributed by atoms with van der Waals surface area (Å²) in [5.74, 6) is -0.245. The van der Waals surface area contributed by atoms with E-state index in [4.69, 9.17) is 21.8 Å². The number of anilines is 2. The number of phenolic OH excluding ortho intramolecular Hbond substituents is 1. The van der Waals surface area contributed by atoms with E-state index in [1.165, 1.54) is 12.1 Å². The molecule has 6 N–H and O–H groups in total. The van der Waals surface area contributed by atoms with Crippen molar-refractivity contribution in [3.63, 3.8) is 0 Å². The van der Waals surface area contributed by atoms with Crippen LogP contribution in [0.15, 0.2) is 18.2 Å². The lowest BCUT2D eigenvalue weighted by atomic mass is 10.0. The fraction of sp³-hybridized carbons (Fsp3) is 0.0833. The third-order valence-electron chi connectivity index (χ3n) is 2.56. The molecule has 0 bridgehead atoms. The van der Waals surface area contributed by atoms with Crippen LogP contribution >= 0.6 is 0 Å². The SMILES string of the molecule is N#Cc1c(N)nc(N)nc1-c1cc(CO)ccc1O. The lowest BCUT2D eigenvalue weighted by Crippen LogP contribution is -2.05. The lowest BCUT2D eigenvalue weighted by Gasteiger charge is -2.09. The van der Waals surface area contributed by atoms with Crippen molar-refractivity contribution in [2.45, 2.75) is 6.61 Å². The number of nitrogen functional groups attached to an aromatic ring is 2. The van der Waals surface area contributed by atoms with E-state index in [0.29, 0.717) is 5.56 Å². The number of rotatable bonds is 2. The van der Waals surface area contributed by atoms with Crippen LogP contribution in [-0.4, -0.2) is 20.2 Å². The largest absolute Gasteiger partial charge is 0.507 e. The van der Waals surface area contributed by atoms with Crippen LogP contribution in [0.2, 0.25) is 0 Å². The molecule has 0 amide bonds. The van der Waals surface area contributed by atoms with Crippen LogP contribution in [0, 0.1) is 11.3 Å². The van der Waals surface area contributed by atoms with Crippen molar-refractivity contribution in [3.8, 4) is 23.1 Å². The Morgan fingerprint density at radius 3 is 2.63 bits per heavy atom. The van der Waals surface area contributed by atoms with E-state index in [-0.39, 0.29) is 40.9 Å². The van der Waals surface area contributed by atoms with Gasteiger partial charge in [-0.1, -0.05) is 6.07 Å². The summed E-state index contributed by atoms with van der Waals surface area (Å²) in [5.41, 5.74) is 12.1. The van der Waals surface area contributed by atoms with Crippen molar-refractivity contribution in [2.24, 2.45) is 0 Å². The van der Waals surface area contributed by atoms with Gasteiger partial charge in [-0.25, -0.2) is 4.98 Å². The number of aromatic hydroxyl groups is 1. The van der Waals surface area contributed by atoms with E-state index in [9.17, 15) is 5.11 Å². The van der Waals surface area contributed by atoms with Gasteiger partial charge in [0.2, 0.25) is 5.95 Å². The molecule has 0 spiro atoms. The Bertz CT molecular complexity index is 679. The second kappa shape index (κ2) is 4.80. The molecule has 2 rings (SSSR count). The monoisotopic (exact) mass is 257 g/mol. The van der Waals surface area contributed by atoms with Crippen molar-refractivity contribution in [2.75, 3.05) is 11.5 Å². The Kier molecular flexibility index (Phi) is 3.18. The van der Waals surface area contributed by atoms with E-state index in [0.717, 1.165) is 0 Å². The third kappa shape index (κ3) is 2.25. The summed E-state index contributed by atoms with van der Waals surface area (Å²) in [7, 11) is 0. The lowest BCUT2D eigenvalue weighted by molar-refractivity contribution is 0.282. The van der Waals surface area contributed by atoms with Crippen LogP contribution in [0.1, 0.15) is 11.1 Å². The van der Waals surface area contributed by atoms with Crippen LogP contribution < -0.4 is 11.5 Å². The van der Waals surface area contributed by atoms with Crippen LogP contribution in [0.4, 0.5) is 11.8 Å². The molecule has 0 radical (unpaired) electrons. The molecule has 1 aromatic heterocycles. The normalized spacial score (nSPS) is 10.1. The molecule has 0 unspecified atom stereocenters. The van der Waals surface area contributed by atoms with Gasteiger partial charge in [-0.2, -0.15) is 10.2 Å². The summed E-state index contributed by atoms with van der Waals surface area (Å²) in [6.07, 6.45) is 0. The molecular formula is C12H11N5O2. The maximum absolute atomic E-state index is 9.85. The molecule has 1 aromatic carbocycles. The van der Waals surface area contributed by atoms with Gasteiger partial charge in [0.25, 0.3) is 0 Å². The van der Waals surface area contributed by atoms with E-state index >= 15 is 0 Å². The minimum Gasteiger partial charge on any atom is -0.507 e. The molecule has 0 atom stereocenters. The topological polar surface area (TPSA) is 142 Å². The maximum Gasteiger partial charge on any atom is 0.222 e. The van der Waals surface area contributed by atoms with Gasteiger partial charge < -0.3 is 21.7 Å². The summed E-state index contributed by atoms with van der Waals surface area (Å²) in [5, 5.41) is 28.0. The summed E-state index contributed by atoms with van der Waals surface area (Å²) >= 11 is 0. The van der Waals surface area contributed by atoms with Crippen molar-refractivity contribution in [1.29, 1.82) is 5.26 Å². The number of nitrogens with two attached hydrogens (primary N) is 2. The van der Waals surface area contributed by atoms with E-state index < -0.39 is 0 Å². The predicted octanol–water partition coefficient (Wildman–Crippen LogP) is 0.378. The van der Waals surface area contributed by atoms with Crippen molar-refractivity contribution in [1.82, 2.24) is 9.97 Å². The highest BCUT2D eigenvalue weighted by Gasteiger charge is 2.16. The van der Waals surface area contributed by atoms with Crippen molar-refractivity contribution in [3.05, 3.63) is 29.3 Å². The second-order valence-electron chi connectivity index (χ2n) is 3.81. The molecular weight excluding hydrogens is 246 g/mol. The van der Waals surface area contributed by atoms with Crippen LogP contribution in [0.3, 0.4) is 0 Å². The van der Waals surface area contributed by atoms with Crippen LogP contribution in [-0.2, 0) is 6.61 Å². The zero-order chi connectivity index (χ0) is 14.0. The number of aliphatic hydroxyl groups excluding tert-OH is 1. The van der Waals surface area contributed by atoms with E-state index in [2.05, 4.69) is 9.97 Å². The third-order valence-corrected chi connectivity index (χ3v) is 2.56. The van der Waals surface area contributed by atoms with Gasteiger partial charge in [-0.05, 0) is 17.7 Å². The highest BCUT2D eigenvalue weighted by atomic mass is 16.3. The van der Waals surface area contributed by atoms with Crippen LogP contribution in [0.5, 0.6) is 5.75 Å². The Labute approximate surface area is 108 Å². The minimum atomic E-state index is -0.203. The van der Waals surface area contributed by atoms with Crippen molar-refractivity contribution >= 4 is 11.8 Å². The standard InChI is InChI=1S/C12H11N5O2/c13-4-8-10(16-12(15)17-11(8)14)7-3-6(5-18)1-2-9(7)19/h1-3,18-19H,5H2,(H4,14,15,16,17). The van der Waals surface area contributed by atoms with E-state index in [1.807, 2.05) is 6.07 Å². The Morgan fingerprint density at radius 2 is 2.00 bits per heavy atom. The number of aliphatic hydroxyl groups is 1. The van der Waals surface area contributed by atoms with Gasteiger partial charge in [-0.15, -0.1) is 0 Å². The smallest absolute Gasteiger partial charge is 0.222 e. The van der Waals surface area contributed by atoms with Crippen molar-refractivity contribution < 1.29 is 10.2 Å². The number of hydrogen-bond acceptors (Lipinski definition) is 7. The fourth-order valence-electron chi connectivity index (χ4n) is 1.67. The van der Waals surface area contributed by atoms with Gasteiger partial charge in [-0.3, -0.25) is 0 Å². The number of phenols is 1. The zero-order valence-electron chi connectivity index (χ0n) is 9.83. The maximum atomic E-state index is 9.85. The molecule has 96 valence electrons. The highest BCUT2D eigenvalue weighted by Crippen LogP contribution is 2.32. The molecule has 19 heavy (non-hydrogen) atoms. The molecule has 0 saturated carbocycles. The summed E-state index contributed by atoms with van der Waals surface area (Å²) in [6, 6.07) is 6.34. The first-order chi connectivity index (χ1) is 9.06. The summed E-state index contributed by atoms with van der Waals surface area (Å²) in [6.45, 7) is -0.203. The average molecular weight is 257 g/mol. The Balaban J connectivity index is 2.75. The van der Waals surface area contributed by atoms with Gasteiger partial charge in [0, 0.05) is 5.56 Å². The first-order valence-electron chi connectivity index (χ1n) is 5.33. The Morgan fingerprint density at radius 1 is 1.26 bits per heavy atom. The molecule has 0 saturated heterocycles. The number of nitrogens with zero attached hydrogens (tertiary/aromatic N) is 3. The number of aromatic nitrogens is 2. The van der Waals surface area contributed by atoms with Gasteiger partial charge in [0.15, 0.2) is 0 Å². The quantitative estimate of drug-likeness (QED) is 0.609. The average Bonchev–Trinajstić information content (AvgIpc) is 2.38. The highest BCUT2D eigenvalue weighted by molar-refractivity contribution is 5.77. The minimum absolute atomic E-state index is 0.0274. The molecule has 7 heteroatoms. The number of nitriles is 1. The molecule has 2 aromatic rings. The number of hydrogen-bond donors (Lipinski definition) is 4. The van der Waals surface area contributed by atoms with Crippen LogP contribution in [0.25, 0.3) is 11.3 Å². The van der Waals surface area contributed by atoms with Gasteiger partial charge in [0.05, 0.1) is 12.3 Å². The second-order valence-corrected chi connectivity index (χ2v) is 3.81. The van der Waals surface area contributed by atoms with Gasteiger partial charge >= 0.3 is 0 Å². The Hall–Kier alpha value is -2.85. The number of benzene rings is 1. The molecule has 0 aliphatic heterocycles. The molecule has 0 aliphatic rings. The predicted molar refractivity (Wildman–Crippen MR) is 68.6 cm³/mol. The first-order valence-corrected chi connectivity index (χ1v) is 5.33. The molecule has 7 nitrogen and oxygen atoms in total. The first kappa shape index (κ1) is 12.6. The van der Waals surface area contributed by atoms with Gasteiger partial charge in [0.1, 0.15) is 23.2 Å². The molecule has 1 heterocycles. The zero-order valence-corrected chi connectivity index (χ0v) is 9.83. The fourth-order valence-corrected chi connectivity index (χ4v) is 1.67. The van der Waals surface area contributed by atoms with E-state index in [1.54, 1.807) is 6.07 Å². The summed E-state index contributed by atoms with van der Waals surface area (Å²) in [4.78, 5) is 7.63.